The van der Waals surface area contributed by atoms with Gasteiger partial charge in [-0.25, -0.2) is 40.5 Å². The number of aromatic nitrogens is 3. The first-order valence-corrected chi connectivity index (χ1v) is 38.7. The van der Waals surface area contributed by atoms with Crippen molar-refractivity contribution in [1.82, 2.24) is 45.4 Å². The number of quaternary nitrogens is 1. The molecule has 0 spiro atoms. The lowest BCUT2D eigenvalue weighted by atomic mass is 9.93. The number of carbonyl (C=O) groups excluding carboxylic acids is 4. The number of nitrogens with one attached hydrogen (secondary N) is 8. The first-order chi connectivity index (χ1) is 47.0. The molecule has 5 aromatic rings. The van der Waals surface area contributed by atoms with Gasteiger partial charge in [-0.3, -0.25) is 19.8 Å². The third kappa shape index (κ3) is 21.9. The average molecular weight is 1410 g/mol. The van der Waals surface area contributed by atoms with Gasteiger partial charge in [0.1, 0.15) is 65.1 Å². The number of unbranched alkanes of at least 4 members (excludes halogenated alkanes) is 10. The van der Waals surface area contributed by atoms with E-state index in [0.29, 0.717) is 77.2 Å². The standard InChI is InChI=1S/C72H101N13O10S3/c1-8-83(9-2)55-30-33-59-64(44-55)95-65-45-56(84(10-3)11-4)31-34-60(65)68(59)61-35-32-58(47-66(61)98(92,93)94)97(90,91)77-40-25-19-17-15-13-12-14-16-18-24-38-74-72(89)75-39-26-23-29-62(79-67(86)46-57-50-96-71(73)81(57)5)69(87)80-63(70(88)78-53-36-41-85(6,7)42-37-53)43-54-49-82(51-76-54)48-52-27-21-20-22-28-52/h20-22,27-28,30-35,44-45,47,49-51,53,62-63,73,77H,8-19,23-26,29,36-43,46,48H2,1-7H3,(H4-2,74,75,78,79,80,86,87,88,89,92,93,94)/p+2/t62-,63-/m0/s1. The summed E-state index contributed by atoms with van der Waals surface area (Å²) in [5.41, 5.74) is 5.06. The van der Waals surface area contributed by atoms with Gasteiger partial charge in [0.05, 0.1) is 49.5 Å². The van der Waals surface area contributed by atoms with E-state index in [1.807, 2.05) is 83.8 Å². The quantitative estimate of drug-likeness (QED) is 0.00608. The molecule has 1 fully saturated rings. The summed E-state index contributed by atoms with van der Waals surface area (Å²) in [6.07, 6.45) is 16.1. The molecule has 3 aliphatic rings. The minimum Gasteiger partial charge on any atom is -0.744 e. The normalized spacial score (nSPS) is 14.0. The molecule has 0 unspecified atom stereocenters. The Balaban J connectivity index is 0.740. The Morgan fingerprint density at radius 2 is 1.42 bits per heavy atom. The van der Waals surface area contributed by atoms with E-state index in [1.54, 1.807) is 17.0 Å². The summed E-state index contributed by atoms with van der Waals surface area (Å²) in [7, 11) is -3.28. The molecule has 2 aromatic heterocycles. The molecular formula is C72H103N13O10S3+2. The highest BCUT2D eigenvalue weighted by Crippen LogP contribution is 2.43. The van der Waals surface area contributed by atoms with Gasteiger partial charge in [-0.15, -0.1) is 11.3 Å². The second kappa shape index (κ2) is 36.4. The molecule has 532 valence electrons. The van der Waals surface area contributed by atoms with Crippen LogP contribution in [0.4, 0.5) is 10.5 Å². The fourth-order valence-corrected chi connectivity index (χ4v) is 15.5. The third-order valence-electron chi connectivity index (χ3n) is 18.7. The molecule has 8 N–H and O–H groups in total. The SMILES string of the molecule is CCN(CC)c1ccc2c(-c3ccc(S(=O)(=O)NCCCCCCCCCCCCNC(=O)NCCCC[C@H](NC(=O)Cc4csc(=N)n4C)C(=O)N[C@@H](Cc4c[n+](Cc5ccccc5)c[nH]4)C(=O)NC4CC[N+](C)(C)CC4)cc3S(=O)(=O)[O-])c3ccc(=[N+](CC)CC)cc-3oc2c1. The topological polar surface area (TPSA) is 300 Å². The van der Waals surface area contributed by atoms with Gasteiger partial charge in [-0.2, -0.15) is 0 Å². The number of rotatable bonds is 38. The molecule has 3 aromatic carbocycles. The molecule has 1 saturated heterocycles. The Bertz CT molecular complexity index is 4130. The second-order valence-corrected chi connectivity index (χ2v) is 30.3. The maximum atomic E-state index is 14.3. The van der Waals surface area contributed by atoms with E-state index in [2.05, 4.69) is 87.6 Å². The monoisotopic (exact) mass is 1410 g/mol. The zero-order valence-corrected chi connectivity index (χ0v) is 60.6. The van der Waals surface area contributed by atoms with Gasteiger partial charge in [0.25, 0.3) is 0 Å². The van der Waals surface area contributed by atoms with Crippen LogP contribution in [0.25, 0.3) is 33.4 Å². The Labute approximate surface area is 582 Å². The first kappa shape index (κ1) is 76.0. The largest absolute Gasteiger partial charge is 0.744 e. The molecule has 26 heteroatoms. The minimum absolute atomic E-state index is 0.0299. The van der Waals surface area contributed by atoms with Crippen LogP contribution in [-0.2, 0) is 61.0 Å². The number of hydrogen-bond donors (Lipinski definition) is 8. The molecule has 1 aliphatic carbocycles. The minimum atomic E-state index is -5.18. The summed E-state index contributed by atoms with van der Waals surface area (Å²) in [6, 6.07) is 23.0. The van der Waals surface area contributed by atoms with Crippen LogP contribution < -0.4 is 55.5 Å². The van der Waals surface area contributed by atoms with Crippen LogP contribution in [0.1, 0.15) is 141 Å². The number of benzene rings is 4. The molecule has 2 atom stereocenters. The van der Waals surface area contributed by atoms with E-state index in [1.165, 1.54) is 23.5 Å². The van der Waals surface area contributed by atoms with Crippen molar-refractivity contribution in [3.05, 3.63) is 130 Å². The fourth-order valence-electron chi connectivity index (χ4n) is 12.8. The van der Waals surface area contributed by atoms with Crippen molar-refractivity contribution < 1.29 is 54.0 Å². The van der Waals surface area contributed by atoms with Gasteiger partial charge < -0.3 is 49.5 Å². The number of hydrogen-bond acceptors (Lipinski definition) is 13. The number of carbonyl (C=O) groups is 4. The number of nitrogens with zero attached hydrogens (tertiary/aromatic N) is 5. The molecular weight excluding hydrogens is 1300 g/mol. The highest BCUT2D eigenvalue weighted by molar-refractivity contribution is 7.89. The van der Waals surface area contributed by atoms with Gasteiger partial charge >= 0.3 is 6.03 Å². The summed E-state index contributed by atoms with van der Waals surface area (Å²) in [4.78, 5) is 59.6. The summed E-state index contributed by atoms with van der Waals surface area (Å²) in [6.45, 7) is 14.7. The van der Waals surface area contributed by atoms with Crippen LogP contribution in [0, 0.1) is 5.41 Å². The van der Waals surface area contributed by atoms with Crippen molar-refractivity contribution >= 4 is 71.9 Å². The predicted octanol–water partition coefficient (Wildman–Crippen LogP) is 7.77. The zero-order valence-electron chi connectivity index (χ0n) is 58.2. The Kier molecular flexibility index (Phi) is 28.2. The van der Waals surface area contributed by atoms with E-state index in [4.69, 9.17) is 9.83 Å². The third-order valence-corrected chi connectivity index (χ3v) is 21.9. The molecule has 5 amide bonds. The van der Waals surface area contributed by atoms with Crippen LogP contribution in [0.5, 0.6) is 0 Å². The Morgan fingerprint density at radius 1 is 0.776 bits per heavy atom. The number of thiazole rings is 1. The van der Waals surface area contributed by atoms with Gasteiger partial charge in [0.2, 0.25) is 39.4 Å². The van der Waals surface area contributed by atoms with Crippen molar-refractivity contribution in [2.24, 2.45) is 7.05 Å². The second-order valence-electron chi connectivity index (χ2n) is 26.3. The molecule has 23 nitrogen and oxygen atoms in total. The van der Waals surface area contributed by atoms with E-state index >= 15 is 0 Å². The maximum Gasteiger partial charge on any atom is 0.314 e. The summed E-state index contributed by atoms with van der Waals surface area (Å²) in [5, 5.41) is 26.4. The molecule has 0 saturated carbocycles. The molecule has 4 heterocycles. The van der Waals surface area contributed by atoms with Crippen LogP contribution in [0.15, 0.2) is 117 Å². The van der Waals surface area contributed by atoms with Crippen LogP contribution in [-0.4, -0.2) is 150 Å². The van der Waals surface area contributed by atoms with Crippen LogP contribution in [0.2, 0.25) is 0 Å². The molecule has 0 bridgehead atoms. The summed E-state index contributed by atoms with van der Waals surface area (Å²) >= 11 is 1.22. The zero-order chi connectivity index (χ0) is 70.4. The maximum absolute atomic E-state index is 14.3. The number of urea groups is 1. The highest BCUT2D eigenvalue weighted by atomic mass is 32.2. The summed E-state index contributed by atoms with van der Waals surface area (Å²) < 4.78 is 82.5. The van der Waals surface area contributed by atoms with Crippen molar-refractivity contribution in [2.45, 2.75) is 171 Å². The van der Waals surface area contributed by atoms with Crippen molar-refractivity contribution in [3.63, 3.8) is 0 Å². The lowest BCUT2D eigenvalue weighted by Gasteiger charge is -2.37. The number of likely N-dealkylation sites (tertiary alicyclic amines) is 1. The number of H-pyrrole nitrogens is 1. The van der Waals surface area contributed by atoms with Gasteiger partial charge in [0.15, 0.2) is 4.80 Å². The number of fused-ring (bicyclic) bond motifs is 2. The molecule has 98 heavy (non-hydrogen) atoms. The number of sulfonamides is 1. The van der Waals surface area contributed by atoms with Gasteiger partial charge in [-0.1, -0.05) is 87.8 Å². The highest BCUT2D eigenvalue weighted by Gasteiger charge is 2.33. The van der Waals surface area contributed by atoms with E-state index < -0.39 is 43.0 Å². The lowest BCUT2D eigenvalue weighted by Crippen LogP contribution is -2.57. The number of anilines is 1. The number of piperidine rings is 1. The van der Waals surface area contributed by atoms with Gasteiger partial charge in [0, 0.05) is 116 Å². The van der Waals surface area contributed by atoms with Gasteiger partial charge in [-0.05, 0) is 95.7 Å². The van der Waals surface area contributed by atoms with E-state index in [9.17, 15) is 40.6 Å². The molecule has 2 aliphatic heterocycles. The molecule has 8 rings (SSSR count). The fraction of sp³-hybridized carbons (Fsp3) is 0.514. The Morgan fingerprint density at radius 3 is 2.05 bits per heavy atom. The van der Waals surface area contributed by atoms with Crippen LogP contribution in [0.3, 0.4) is 0 Å². The van der Waals surface area contributed by atoms with E-state index in [0.717, 1.165) is 143 Å². The van der Waals surface area contributed by atoms with Crippen LogP contribution >= 0.6 is 11.3 Å². The molecule has 0 radical (unpaired) electrons. The van der Waals surface area contributed by atoms with Crippen molar-refractivity contribution in [3.8, 4) is 22.5 Å². The number of aromatic amines is 1. The number of amides is 5. The summed E-state index contributed by atoms with van der Waals surface area (Å²) in [5.74, 6) is -0.663. The van der Waals surface area contributed by atoms with E-state index in [-0.39, 0.29) is 60.2 Å². The smallest absolute Gasteiger partial charge is 0.314 e. The van der Waals surface area contributed by atoms with Crippen molar-refractivity contribution in [2.75, 3.05) is 77.9 Å². The lowest BCUT2D eigenvalue weighted by molar-refractivity contribution is -0.895. The Hall–Kier alpha value is -7.75. The first-order valence-electron chi connectivity index (χ1n) is 34.9. The average Bonchev–Trinajstić information content (AvgIpc) is 0.827. The number of imidazole rings is 1. The van der Waals surface area contributed by atoms with Crippen molar-refractivity contribution in [1.29, 1.82) is 5.41 Å². The predicted molar refractivity (Wildman–Crippen MR) is 383 cm³/mol.